The Labute approximate surface area is 344 Å². The number of rotatable bonds is 19. The first-order chi connectivity index (χ1) is 27.8. The van der Waals surface area contributed by atoms with Crippen molar-refractivity contribution in [3.05, 3.63) is 143 Å². The van der Waals surface area contributed by atoms with Crippen molar-refractivity contribution in [2.45, 2.75) is 78.4 Å². The van der Waals surface area contributed by atoms with Crippen LogP contribution in [0.4, 0.5) is 0 Å². The van der Waals surface area contributed by atoms with Crippen LogP contribution in [0.15, 0.2) is 122 Å². The van der Waals surface area contributed by atoms with Crippen LogP contribution in [0.1, 0.15) is 80.1 Å². The molecule has 2 aromatic heterocycles. The Morgan fingerprint density at radius 2 is 1.11 bits per heavy atom. The fraction of sp³-hybridized carbons (Fsp3) is 0.298. The molecule has 294 valence electrons. The second-order valence-corrected chi connectivity index (χ2v) is 16.4. The van der Waals surface area contributed by atoms with Crippen LogP contribution >= 0.6 is 22.7 Å². The first-order valence-electron chi connectivity index (χ1n) is 19.9. The maximum Gasteiger partial charge on any atom is 0.250 e. The summed E-state index contributed by atoms with van der Waals surface area (Å²) in [6.45, 7) is 8.35. The third-order valence-corrected chi connectivity index (χ3v) is 11.8. The lowest BCUT2D eigenvalue weighted by Gasteiger charge is -2.27. The number of nitrogens with one attached hydrogen (secondary N) is 1. The highest BCUT2D eigenvalue weighted by molar-refractivity contribution is 7.15. The monoisotopic (exact) mass is 797 g/mol. The summed E-state index contributed by atoms with van der Waals surface area (Å²) in [7, 11) is 0. The van der Waals surface area contributed by atoms with Gasteiger partial charge in [-0.15, -0.1) is 22.7 Å². The molecule has 1 atom stereocenters. The minimum atomic E-state index is -0.744. The molecule has 0 saturated carbocycles. The van der Waals surface area contributed by atoms with E-state index < -0.39 is 6.04 Å². The molecule has 8 nitrogen and oxygen atoms in total. The summed E-state index contributed by atoms with van der Waals surface area (Å²) < 4.78 is 0. The minimum Gasteiger partial charge on any atom is -0.341 e. The zero-order chi connectivity index (χ0) is 40.0. The van der Waals surface area contributed by atoms with E-state index in [2.05, 4.69) is 72.7 Å². The number of carbonyl (C=O) groups is 3. The Hall–Kier alpha value is -5.45. The third kappa shape index (κ3) is 11.3. The van der Waals surface area contributed by atoms with Gasteiger partial charge in [0.2, 0.25) is 17.7 Å². The lowest BCUT2D eigenvalue weighted by atomic mass is 10.0. The van der Waals surface area contributed by atoms with Crippen LogP contribution in [0.3, 0.4) is 0 Å². The molecule has 0 spiro atoms. The zero-order valence-electron chi connectivity index (χ0n) is 33.0. The van der Waals surface area contributed by atoms with Gasteiger partial charge in [0.1, 0.15) is 16.1 Å². The largest absolute Gasteiger partial charge is 0.341 e. The molecule has 0 aliphatic rings. The quantitative estimate of drug-likeness (QED) is 0.0881. The van der Waals surface area contributed by atoms with E-state index in [1.54, 1.807) is 22.7 Å². The van der Waals surface area contributed by atoms with Crippen molar-refractivity contribution in [1.29, 1.82) is 0 Å². The van der Waals surface area contributed by atoms with E-state index in [4.69, 9.17) is 4.98 Å². The van der Waals surface area contributed by atoms with Crippen LogP contribution in [-0.2, 0) is 33.9 Å². The van der Waals surface area contributed by atoms with Crippen molar-refractivity contribution in [3.63, 3.8) is 0 Å². The first-order valence-corrected chi connectivity index (χ1v) is 21.5. The number of hydrogen-bond acceptors (Lipinski definition) is 7. The molecule has 0 radical (unpaired) electrons. The molecule has 1 N–H and O–H groups in total. The van der Waals surface area contributed by atoms with E-state index in [-0.39, 0.29) is 17.7 Å². The lowest BCUT2D eigenvalue weighted by molar-refractivity contribution is -0.137. The third-order valence-electron chi connectivity index (χ3n) is 9.72. The Kier molecular flexibility index (Phi) is 14.9. The Morgan fingerprint density at radius 3 is 1.63 bits per heavy atom. The molecule has 0 bridgehead atoms. The smallest absolute Gasteiger partial charge is 0.250 e. The average molecular weight is 798 g/mol. The van der Waals surface area contributed by atoms with Crippen LogP contribution < -0.4 is 5.32 Å². The van der Waals surface area contributed by atoms with E-state index in [1.807, 2.05) is 89.8 Å². The van der Waals surface area contributed by atoms with E-state index in [9.17, 15) is 14.4 Å². The topological polar surface area (TPSA) is 95.5 Å². The van der Waals surface area contributed by atoms with Gasteiger partial charge in [0.05, 0.1) is 29.3 Å². The molecule has 6 aromatic rings. The van der Waals surface area contributed by atoms with Crippen LogP contribution in [0, 0.1) is 0 Å². The van der Waals surface area contributed by atoms with Crippen LogP contribution in [-0.4, -0.2) is 50.6 Å². The van der Waals surface area contributed by atoms with E-state index in [1.165, 1.54) is 0 Å². The SMILES string of the molecule is CCCCC(=O)N[C@H](C(=O)N(CCC)Cc1ncc(-c2ccc(-c3ccc(-c4cnc(CN(CCC)C(=O)Cc5ccccc5)s4)cc3)cc2)s1)c1ccccc1. The molecule has 6 rings (SSSR count). The molecular formula is C47H51N5O3S2. The van der Waals surface area contributed by atoms with Gasteiger partial charge in [0.15, 0.2) is 0 Å². The summed E-state index contributed by atoms with van der Waals surface area (Å²) in [5.41, 5.74) is 6.19. The van der Waals surface area contributed by atoms with Crippen molar-refractivity contribution in [3.8, 4) is 32.0 Å². The number of thiazole rings is 2. The number of carbonyl (C=O) groups excluding carboxylic acids is 3. The predicted octanol–water partition coefficient (Wildman–Crippen LogP) is 10.4. The van der Waals surface area contributed by atoms with E-state index in [0.717, 1.165) is 78.8 Å². The summed E-state index contributed by atoms with van der Waals surface area (Å²) in [6.07, 6.45) is 7.96. The summed E-state index contributed by atoms with van der Waals surface area (Å²) in [4.78, 5) is 55.1. The van der Waals surface area contributed by atoms with E-state index in [0.29, 0.717) is 39.0 Å². The maximum atomic E-state index is 14.0. The fourth-order valence-electron chi connectivity index (χ4n) is 6.68. The lowest BCUT2D eigenvalue weighted by Crippen LogP contribution is -2.43. The first kappa shape index (κ1) is 41.2. The van der Waals surface area contributed by atoms with Gasteiger partial charge < -0.3 is 15.1 Å². The van der Waals surface area contributed by atoms with E-state index >= 15 is 0 Å². The second kappa shape index (κ2) is 20.6. The number of aromatic nitrogens is 2. The number of unbranched alkanes of at least 4 members (excludes halogenated alkanes) is 1. The number of hydrogen-bond donors (Lipinski definition) is 1. The molecule has 0 saturated heterocycles. The summed E-state index contributed by atoms with van der Waals surface area (Å²) in [5, 5.41) is 4.79. The average Bonchev–Trinajstić information content (AvgIpc) is 3.92. The molecule has 0 aliphatic heterocycles. The molecule has 2 heterocycles. The van der Waals surface area contributed by atoms with Gasteiger partial charge in [-0.2, -0.15) is 0 Å². The van der Waals surface area contributed by atoms with Crippen LogP contribution in [0.5, 0.6) is 0 Å². The molecule has 4 aromatic carbocycles. The zero-order valence-corrected chi connectivity index (χ0v) is 34.7. The van der Waals surface area contributed by atoms with Gasteiger partial charge in [-0.25, -0.2) is 9.97 Å². The fourth-order valence-corrected chi connectivity index (χ4v) is 8.56. The van der Waals surface area contributed by atoms with Crippen molar-refractivity contribution >= 4 is 40.4 Å². The summed E-state index contributed by atoms with van der Waals surface area (Å²) in [6, 6.07) is 35.6. The van der Waals surface area contributed by atoms with Crippen molar-refractivity contribution in [1.82, 2.24) is 25.1 Å². The van der Waals surface area contributed by atoms with Crippen LogP contribution in [0.2, 0.25) is 0 Å². The number of benzene rings is 4. The van der Waals surface area contributed by atoms with Gasteiger partial charge in [-0.3, -0.25) is 14.4 Å². The normalized spacial score (nSPS) is 11.6. The minimum absolute atomic E-state index is 0.111. The van der Waals surface area contributed by atoms with Gasteiger partial charge >= 0.3 is 0 Å². The molecule has 0 aliphatic carbocycles. The van der Waals surface area contributed by atoms with Crippen LogP contribution in [0.25, 0.3) is 32.0 Å². The van der Waals surface area contributed by atoms with Gasteiger partial charge in [0.25, 0.3) is 0 Å². The highest BCUT2D eigenvalue weighted by atomic mass is 32.1. The molecule has 10 heteroatoms. The highest BCUT2D eigenvalue weighted by Gasteiger charge is 2.28. The highest BCUT2D eigenvalue weighted by Crippen LogP contribution is 2.32. The standard InChI is InChI=1S/C47H51N5O3S2/c1-4-7-18-42(53)50-46(39-16-12-9-13-17-39)47(55)52(28-6-3)33-44-49-31-41(57-44)38-25-21-36(22-26-38)35-19-23-37(24-20-35)40-30-48-43(56-40)32-51(27-5-2)45(54)29-34-14-10-8-11-15-34/h8-17,19-26,30-31,46H,4-7,18,27-29,32-33H2,1-3H3,(H,50,53)/t46-/m0/s1. The van der Waals surface area contributed by atoms with Gasteiger partial charge in [0, 0.05) is 31.9 Å². The van der Waals surface area contributed by atoms with Gasteiger partial charge in [-0.05, 0) is 52.6 Å². The summed E-state index contributed by atoms with van der Waals surface area (Å²) >= 11 is 3.21. The predicted molar refractivity (Wildman–Crippen MR) is 233 cm³/mol. The summed E-state index contributed by atoms with van der Waals surface area (Å²) in [5.74, 6) is -0.116. The second-order valence-electron chi connectivity index (χ2n) is 14.1. The Morgan fingerprint density at radius 1 is 0.614 bits per heavy atom. The molecule has 3 amide bonds. The maximum absolute atomic E-state index is 14.0. The van der Waals surface area contributed by atoms with Crippen molar-refractivity contribution < 1.29 is 14.4 Å². The Bertz CT molecular complexity index is 2180. The molecule has 0 unspecified atom stereocenters. The molecule has 57 heavy (non-hydrogen) atoms. The molecular weight excluding hydrogens is 747 g/mol. The van der Waals surface area contributed by atoms with Crippen molar-refractivity contribution in [2.24, 2.45) is 0 Å². The Balaban J connectivity index is 1.08. The van der Waals surface area contributed by atoms with Crippen molar-refractivity contribution in [2.75, 3.05) is 13.1 Å². The van der Waals surface area contributed by atoms with Gasteiger partial charge in [-0.1, -0.05) is 136 Å². The molecule has 0 fully saturated rings. The number of nitrogens with zero attached hydrogens (tertiary/aromatic N) is 4. The number of amides is 3.